The van der Waals surface area contributed by atoms with Gasteiger partial charge in [0, 0.05) is 0 Å². The second kappa shape index (κ2) is 23.5. The van der Waals surface area contributed by atoms with Crippen molar-refractivity contribution in [3.8, 4) is 0 Å². The Balaban J connectivity index is -0.0000000369. The quantitative estimate of drug-likeness (QED) is 0.138. The Labute approximate surface area is 109 Å². The van der Waals surface area contributed by atoms with Gasteiger partial charge in [0.15, 0.2) is 11.9 Å². The summed E-state index contributed by atoms with van der Waals surface area (Å²) in [5.74, 6) is -0.667. The van der Waals surface area contributed by atoms with Crippen LogP contribution in [0.2, 0.25) is 0 Å². The van der Waals surface area contributed by atoms with E-state index in [1.54, 1.807) is 0 Å². The van der Waals surface area contributed by atoms with E-state index in [4.69, 9.17) is 40.8 Å². The van der Waals surface area contributed by atoms with E-state index in [1.807, 2.05) is 0 Å². The summed E-state index contributed by atoms with van der Waals surface area (Å²) in [6, 6.07) is 0. The van der Waals surface area contributed by atoms with Gasteiger partial charge in [-0.2, -0.15) is 0 Å². The van der Waals surface area contributed by atoms with Crippen LogP contribution in [0.1, 0.15) is 0 Å². The van der Waals surface area contributed by atoms with Crippen molar-refractivity contribution in [1.82, 2.24) is 0 Å². The summed E-state index contributed by atoms with van der Waals surface area (Å²) in [5.41, 5.74) is 17.9. The molecule has 98 valence electrons. The third-order valence-corrected chi connectivity index (χ3v) is 0. The van der Waals surface area contributed by atoms with E-state index in [9.17, 15) is 0 Å². The fourth-order valence-electron chi connectivity index (χ4n) is 0. The minimum Gasteiger partial charge on any atom is -0.652 e. The summed E-state index contributed by atoms with van der Waals surface area (Å²) in [5, 5.41) is 45.4. The van der Waals surface area contributed by atoms with Crippen molar-refractivity contribution in [2.75, 3.05) is 0 Å². The smallest absolute Gasteiger partial charge is 0.652 e. The number of hydrogen-bond acceptors (Lipinski definition) is 8. The average molecular weight is 334 g/mol. The number of nitrogens with one attached hydrogen (secondary N) is 2. The number of nitrogens with two attached hydrogens (primary N) is 4. The SMILES string of the molecule is N=C(N)N.N=C(N)N.O=C([O-])[O-].O=C([O-])[O-].[Mo+4]. The molecule has 13 heteroatoms. The van der Waals surface area contributed by atoms with E-state index in [0.717, 1.165) is 0 Å². The van der Waals surface area contributed by atoms with Crippen LogP contribution in [0.4, 0.5) is 9.59 Å². The molecule has 0 aliphatic carbocycles. The molecule has 0 aromatic rings. The molecule has 0 rings (SSSR count). The van der Waals surface area contributed by atoms with Crippen molar-refractivity contribution >= 4 is 24.2 Å². The van der Waals surface area contributed by atoms with Crippen molar-refractivity contribution in [3.63, 3.8) is 0 Å². The molecule has 0 saturated heterocycles. The molecule has 10 N–H and O–H groups in total. The Morgan fingerprint density at radius 2 is 0.706 bits per heavy atom. The Morgan fingerprint density at radius 3 is 0.706 bits per heavy atom. The molecule has 0 heterocycles. The van der Waals surface area contributed by atoms with Gasteiger partial charge in [0.05, 0.1) is 0 Å². The summed E-state index contributed by atoms with van der Waals surface area (Å²) >= 11 is 0. The topological polar surface area (TPSA) is 278 Å². The van der Waals surface area contributed by atoms with E-state index in [2.05, 4.69) is 22.9 Å². The monoisotopic (exact) mass is 336 g/mol. The zero-order chi connectivity index (χ0) is 14.3. The number of rotatable bonds is 0. The largest absolute Gasteiger partial charge is 4.00 e. The van der Waals surface area contributed by atoms with E-state index in [-0.39, 0.29) is 33.0 Å². The van der Waals surface area contributed by atoms with Crippen LogP contribution in [-0.4, -0.2) is 24.2 Å². The number of carbonyl (C=O) groups excluding carboxylic acids is 2. The van der Waals surface area contributed by atoms with Crippen molar-refractivity contribution in [2.24, 2.45) is 22.9 Å². The van der Waals surface area contributed by atoms with Gasteiger partial charge in [-0.1, -0.05) is 0 Å². The molecule has 0 aromatic heterocycles. The fraction of sp³-hybridized carbons (Fsp3) is 0. The maximum absolute atomic E-state index is 8.33. The van der Waals surface area contributed by atoms with Crippen LogP contribution in [0.25, 0.3) is 0 Å². The molecule has 0 aromatic carbocycles. The number of guanidine groups is 2. The van der Waals surface area contributed by atoms with Gasteiger partial charge in [-0.25, -0.2) is 0 Å². The van der Waals surface area contributed by atoms with Gasteiger partial charge >= 0.3 is 21.1 Å². The molecular weight excluding hydrogens is 324 g/mol. The Kier molecular flexibility index (Phi) is 40.6. The molecule has 17 heavy (non-hydrogen) atoms. The fourth-order valence-corrected chi connectivity index (χ4v) is 0. The first-order valence-electron chi connectivity index (χ1n) is 2.88. The molecule has 0 bridgehead atoms. The number of carboxylic acid groups (broad SMARTS) is 4. The molecule has 0 unspecified atom stereocenters. The molecule has 0 aliphatic rings. The summed E-state index contributed by atoms with van der Waals surface area (Å²) in [6.07, 6.45) is -4.67. The van der Waals surface area contributed by atoms with Crippen LogP contribution in [0.3, 0.4) is 0 Å². The third kappa shape index (κ3) is 383. The molecule has 0 amide bonds. The van der Waals surface area contributed by atoms with Gasteiger partial charge < -0.3 is 52.9 Å². The van der Waals surface area contributed by atoms with E-state index in [0.29, 0.717) is 0 Å². The van der Waals surface area contributed by atoms with Gasteiger partial charge in [-0.05, 0) is 12.3 Å². The van der Waals surface area contributed by atoms with Gasteiger partial charge in [-0.3, -0.25) is 10.8 Å². The molecule has 0 saturated carbocycles. The molecule has 0 fully saturated rings. The molecule has 0 spiro atoms. The van der Waals surface area contributed by atoms with E-state index >= 15 is 0 Å². The van der Waals surface area contributed by atoms with E-state index < -0.39 is 12.3 Å². The Bertz CT molecular complexity index is 171. The third-order valence-electron chi connectivity index (χ3n) is 0. The van der Waals surface area contributed by atoms with Crippen molar-refractivity contribution < 1.29 is 51.1 Å². The Morgan fingerprint density at radius 1 is 0.706 bits per heavy atom. The molecule has 0 radical (unpaired) electrons. The second-order valence-electron chi connectivity index (χ2n) is 1.41. The zero-order valence-electron chi connectivity index (χ0n) is 8.17. The van der Waals surface area contributed by atoms with Gasteiger partial charge in [-0.15, -0.1) is 0 Å². The van der Waals surface area contributed by atoms with Gasteiger partial charge in [0.2, 0.25) is 0 Å². The summed E-state index contributed by atoms with van der Waals surface area (Å²) in [7, 11) is 0. The normalized spacial score (nSPS) is 5.65. The molecule has 0 aliphatic heterocycles. The maximum Gasteiger partial charge on any atom is 4.00 e. The standard InChI is InChI=1S/2CH5N3.2CH2O3.Mo/c4*2-1(3)4;/h2*(H5,2,3,4);2*(H2,2,3,4);/q;;;;+4/p-4. The van der Waals surface area contributed by atoms with Crippen molar-refractivity contribution in [2.45, 2.75) is 0 Å². The zero-order valence-corrected chi connectivity index (χ0v) is 10.2. The molecular formula is C4H10MoN6O6. The number of hydrogen-bond donors (Lipinski definition) is 6. The molecule has 12 nitrogen and oxygen atoms in total. The second-order valence-corrected chi connectivity index (χ2v) is 1.41. The van der Waals surface area contributed by atoms with Gasteiger partial charge in [0.1, 0.15) is 0 Å². The Hall–Kier alpha value is -2.23. The van der Waals surface area contributed by atoms with Crippen molar-refractivity contribution in [3.05, 3.63) is 0 Å². The first kappa shape index (κ1) is 29.3. The maximum atomic E-state index is 8.33. The minimum atomic E-state index is -2.33. The first-order chi connectivity index (χ1) is 6.93. The van der Waals surface area contributed by atoms with Crippen LogP contribution >= 0.6 is 0 Å². The van der Waals surface area contributed by atoms with Crippen LogP contribution in [0.15, 0.2) is 0 Å². The summed E-state index contributed by atoms with van der Waals surface area (Å²) in [4.78, 5) is 16.7. The summed E-state index contributed by atoms with van der Waals surface area (Å²) < 4.78 is 0. The summed E-state index contributed by atoms with van der Waals surface area (Å²) in [6.45, 7) is 0. The molecule has 0 atom stereocenters. The number of carbonyl (C=O) groups is 2. The van der Waals surface area contributed by atoms with Crippen LogP contribution in [0.5, 0.6) is 0 Å². The van der Waals surface area contributed by atoms with Crippen LogP contribution in [-0.2, 0) is 21.1 Å². The minimum absolute atomic E-state index is 0. The predicted molar refractivity (Wildman–Crippen MR) is 43.0 cm³/mol. The first-order valence-corrected chi connectivity index (χ1v) is 2.88. The predicted octanol–water partition coefficient (Wildman–Crippen LogP) is -7.22. The van der Waals surface area contributed by atoms with Gasteiger partial charge in [0.25, 0.3) is 0 Å². The van der Waals surface area contributed by atoms with Crippen LogP contribution < -0.4 is 43.4 Å². The van der Waals surface area contributed by atoms with E-state index in [1.165, 1.54) is 0 Å². The average Bonchev–Trinajstić information content (AvgIpc) is 1.76. The van der Waals surface area contributed by atoms with Crippen LogP contribution in [0, 0.1) is 10.8 Å². The van der Waals surface area contributed by atoms with Crippen molar-refractivity contribution in [1.29, 1.82) is 10.8 Å².